The average Bonchev–Trinajstić information content (AvgIpc) is 3.36. The predicted molar refractivity (Wildman–Crippen MR) is 89.5 cm³/mol. The van der Waals surface area contributed by atoms with E-state index < -0.39 is 15.8 Å². The second kappa shape index (κ2) is 6.32. The van der Waals surface area contributed by atoms with Crippen LogP contribution in [0.2, 0.25) is 0 Å². The second-order valence-corrected chi connectivity index (χ2v) is 7.71. The van der Waals surface area contributed by atoms with Gasteiger partial charge in [0.05, 0.1) is 10.9 Å². The number of hydrogen-bond acceptors (Lipinski definition) is 4. The van der Waals surface area contributed by atoms with Gasteiger partial charge in [-0.05, 0) is 49.1 Å². The number of hydrogen-bond donors (Lipinski definition) is 2. The Hall–Kier alpha value is -2.28. The number of rotatable bonds is 6. The molecule has 0 aromatic heterocycles. The van der Waals surface area contributed by atoms with Crippen LogP contribution in [-0.2, 0) is 16.4 Å². The minimum Gasteiger partial charge on any atom is -0.504 e. The van der Waals surface area contributed by atoms with Crippen molar-refractivity contribution in [2.45, 2.75) is 31.4 Å². The quantitative estimate of drug-likeness (QED) is 0.830. The van der Waals surface area contributed by atoms with Crippen LogP contribution in [0.25, 0.3) is 0 Å². The highest BCUT2D eigenvalue weighted by atomic mass is 32.2. The molecule has 0 radical (unpaired) electrons. The summed E-state index contributed by atoms with van der Waals surface area (Å²) in [5.41, 5.74) is 1.09. The van der Waals surface area contributed by atoms with E-state index in [1.165, 1.54) is 12.1 Å². The average molecular weight is 351 g/mol. The molecule has 1 aliphatic carbocycles. The lowest BCUT2D eigenvalue weighted by Gasteiger charge is -2.11. The highest BCUT2D eigenvalue weighted by Gasteiger charge is 2.35. The van der Waals surface area contributed by atoms with Crippen LogP contribution in [0.5, 0.6) is 17.2 Å². The van der Waals surface area contributed by atoms with Crippen molar-refractivity contribution < 1.29 is 22.7 Å². The van der Waals surface area contributed by atoms with Crippen LogP contribution in [0.4, 0.5) is 10.1 Å². The number of halogens is 1. The summed E-state index contributed by atoms with van der Waals surface area (Å²) in [7, 11) is -3.44. The summed E-state index contributed by atoms with van der Waals surface area (Å²) in [4.78, 5) is 0. The van der Waals surface area contributed by atoms with E-state index >= 15 is 0 Å². The number of benzene rings is 2. The molecule has 0 heterocycles. The van der Waals surface area contributed by atoms with Crippen molar-refractivity contribution in [3.63, 3.8) is 0 Å². The first-order valence-electron chi connectivity index (χ1n) is 7.70. The number of aryl methyl sites for hydroxylation is 1. The van der Waals surface area contributed by atoms with E-state index in [0.29, 0.717) is 12.8 Å². The molecule has 3 rings (SSSR count). The minimum absolute atomic E-state index is 0.0766. The van der Waals surface area contributed by atoms with E-state index in [4.69, 9.17) is 4.74 Å². The molecule has 0 spiro atoms. The lowest BCUT2D eigenvalue weighted by molar-refractivity contribution is 0.395. The number of aromatic hydroxyl groups is 1. The molecule has 1 fully saturated rings. The Morgan fingerprint density at radius 1 is 1.21 bits per heavy atom. The van der Waals surface area contributed by atoms with Crippen molar-refractivity contribution in [2.24, 2.45) is 0 Å². The van der Waals surface area contributed by atoms with Gasteiger partial charge >= 0.3 is 0 Å². The highest BCUT2D eigenvalue weighted by Crippen LogP contribution is 2.34. The molecule has 0 saturated heterocycles. The van der Waals surface area contributed by atoms with Gasteiger partial charge in [0.2, 0.25) is 10.0 Å². The SMILES string of the molecule is CCc1ccc(Oc2ccc(NS(=O)(=O)C3CC3)cc2F)c(O)c1. The van der Waals surface area contributed by atoms with E-state index in [1.807, 2.05) is 6.92 Å². The number of ether oxygens (including phenoxy) is 1. The molecule has 0 amide bonds. The number of sulfonamides is 1. The summed E-state index contributed by atoms with van der Waals surface area (Å²) in [6, 6.07) is 8.73. The summed E-state index contributed by atoms with van der Waals surface area (Å²) < 4.78 is 45.6. The van der Waals surface area contributed by atoms with Crippen molar-refractivity contribution in [1.29, 1.82) is 0 Å². The number of anilines is 1. The van der Waals surface area contributed by atoms with Crippen LogP contribution in [-0.4, -0.2) is 18.8 Å². The van der Waals surface area contributed by atoms with E-state index in [0.717, 1.165) is 18.1 Å². The fourth-order valence-corrected chi connectivity index (χ4v) is 3.64. The molecule has 2 aromatic rings. The standard InChI is InChI=1S/C17H18FNO4S/c1-2-11-3-7-17(15(20)9-11)23-16-8-4-12(10-14(16)18)19-24(21,22)13-5-6-13/h3-4,7-10,13,19-20H,2,5-6H2,1H3. The summed E-state index contributed by atoms with van der Waals surface area (Å²) in [6.07, 6.45) is 2.02. The molecule has 0 atom stereocenters. The molecular formula is C17H18FNO4S. The maximum absolute atomic E-state index is 14.2. The van der Waals surface area contributed by atoms with Gasteiger partial charge < -0.3 is 9.84 Å². The van der Waals surface area contributed by atoms with E-state index in [9.17, 15) is 17.9 Å². The Balaban J connectivity index is 1.77. The topological polar surface area (TPSA) is 75.6 Å². The van der Waals surface area contributed by atoms with E-state index in [1.54, 1.807) is 18.2 Å². The van der Waals surface area contributed by atoms with Crippen LogP contribution < -0.4 is 9.46 Å². The first-order chi connectivity index (χ1) is 11.4. The van der Waals surface area contributed by atoms with Crippen molar-refractivity contribution in [2.75, 3.05) is 4.72 Å². The van der Waals surface area contributed by atoms with Crippen LogP contribution in [0.1, 0.15) is 25.3 Å². The fourth-order valence-electron chi connectivity index (χ4n) is 2.26. The zero-order valence-electron chi connectivity index (χ0n) is 13.1. The van der Waals surface area contributed by atoms with Crippen LogP contribution in [0.3, 0.4) is 0 Å². The fraction of sp³-hybridized carbons (Fsp3) is 0.294. The largest absolute Gasteiger partial charge is 0.504 e. The molecule has 24 heavy (non-hydrogen) atoms. The maximum Gasteiger partial charge on any atom is 0.235 e. The Labute approximate surface area is 140 Å². The summed E-state index contributed by atoms with van der Waals surface area (Å²) in [5.74, 6) is -0.751. The van der Waals surface area contributed by atoms with Gasteiger partial charge in [-0.3, -0.25) is 4.72 Å². The van der Waals surface area contributed by atoms with Crippen molar-refractivity contribution >= 4 is 15.7 Å². The van der Waals surface area contributed by atoms with Gasteiger partial charge in [-0.1, -0.05) is 13.0 Å². The smallest absolute Gasteiger partial charge is 0.235 e. The molecule has 2 N–H and O–H groups in total. The van der Waals surface area contributed by atoms with Gasteiger partial charge in [0, 0.05) is 6.07 Å². The van der Waals surface area contributed by atoms with Crippen molar-refractivity contribution in [1.82, 2.24) is 0 Å². The van der Waals surface area contributed by atoms with Crippen molar-refractivity contribution in [3.05, 3.63) is 47.8 Å². The molecule has 1 aliphatic rings. The zero-order chi connectivity index (χ0) is 17.3. The molecule has 0 aliphatic heterocycles. The highest BCUT2D eigenvalue weighted by molar-refractivity contribution is 7.93. The minimum atomic E-state index is -3.44. The van der Waals surface area contributed by atoms with E-state index in [-0.39, 0.29) is 28.2 Å². The molecule has 1 saturated carbocycles. The van der Waals surface area contributed by atoms with Gasteiger partial charge in [-0.25, -0.2) is 12.8 Å². The summed E-state index contributed by atoms with van der Waals surface area (Å²) >= 11 is 0. The molecule has 128 valence electrons. The Morgan fingerprint density at radius 2 is 1.92 bits per heavy atom. The number of nitrogens with one attached hydrogen (secondary N) is 1. The van der Waals surface area contributed by atoms with Crippen LogP contribution in [0.15, 0.2) is 36.4 Å². The van der Waals surface area contributed by atoms with Gasteiger partial charge in [0.1, 0.15) is 0 Å². The third-order valence-electron chi connectivity index (χ3n) is 3.81. The maximum atomic E-state index is 14.2. The Bertz CT molecular complexity index is 863. The molecule has 7 heteroatoms. The Morgan fingerprint density at radius 3 is 2.50 bits per heavy atom. The number of phenols is 1. The normalized spacial score (nSPS) is 14.4. The molecule has 0 unspecified atom stereocenters. The zero-order valence-corrected chi connectivity index (χ0v) is 13.9. The first kappa shape index (κ1) is 16.6. The lowest BCUT2D eigenvalue weighted by atomic mass is 10.1. The van der Waals surface area contributed by atoms with Gasteiger partial charge in [-0.2, -0.15) is 0 Å². The van der Waals surface area contributed by atoms with Crippen molar-refractivity contribution in [3.8, 4) is 17.2 Å². The predicted octanol–water partition coefficient (Wildman–Crippen LogP) is 3.79. The molecular weight excluding hydrogens is 333 g/mol. The van der Waals surface area contributed by atoms with Crippen LogP contribution in [0, 0.1) is 5.82 Å². The molecule has 5 nitrogen and oxygen atoms in total. The monoisotopic (exact) mass is 351 g/mol. The number of phenolic OH excluding ortho intramolecular Hbond substituents is 1. The first-order valence-corrected chi connectivity index (χ1v) is 9.24. The van der Waals surface area contributed by atoms with Gasteiger partial charge in [-0.15, -0.1) is 0 Å². The Kier molecular flexibility index (Phi) is 4.36. The van der Waals surface area contributed by atoms with E-state index in [2.05, 4.69) is 4.72 Å². The second-order valence-electron chi connectivity index (χ2n) is 5.75. The van der Waals surface area contributed by atoms with Gasteiger partial charge in [0.25, 0.3) is 0 Å². The van der Waals surface area contributed by atoms with Crippen LogP contribution >= 0.6 is 0 Å². The molecule has 2 aromatic carbocycles. The van der Waals surface area contributed by atoms with Gasteiger partial charge in [0.15, 0.2) is 23.1 Å². The summed E-state index contributed by atoms with van der Waals surface area (Å²) in [5, 5.41) is 9.53. The molecule has 0 bridgehead atoms. The summed E-state index contributed by atoms with van der Waals surface area (Å²) in [6.45, 7) is 1.95. The third kappa shape index (κ3) is 3.62. The lowest BCUT2D eigenvalue weighted by Crippen LogP contribution is -2.17. The third-order valence-corrected chi connectivity index (χ3v) is 5.68.